The van der Waals surface area contributed by atoms with Gasteiger partial charge in [0.05, 0.1) is 0 Å². The number of carbonyl (C=O) groups is 1. The SMILES string of the molecule is C=CC(=O)Nc1ccc(-c2ccc(C)c(C)c2)[nH]c1=O. The highest BCUT2D eigenvalue weighted by Gasteiger charge is 2.05. The molecule has 2 aromatic rings. The summed E-state index contributed by atoms with van der Waals surface area (Å²) in [7, 11) is 0. The van der Waals surface area contributed by atoms with Crippen LogP contribution in [0.2, 0.25) is 0 Å². The Balaban J connectivity index is 2.37. The summed E-state index contributed by atoms with van der Waals surface area (Å²) < 4.78 is 0. The summed E-state index contributed by atoms with van der Waals surface area (Å²) in [5, 5.41) is 2.46. The number of amides is 1. The fourth-order valence-electron chi connectivity index (χ4n) is 1.83. The molecule has 1 aromatic heterocycles. The minimum atomic E-state index is -0.408. The van der Waals surface area contributed by atoms with Gasteiger partial charge in [-0.1, -0.05) is 18.7 Å². The summed E-state index contributed by atoms with van der Waals surface area (Å²) in [4.78, 5) is 25.9. The topological polar surface area (TPSA) is 62.0 Å². The van der Waals surface area contributed by atoms with Crippen molar-refractivity contribution in [3.05, 3.63) is 64.5 Å². The van der Waals surface area contributed by atoms with Crippen molar-refractivity contribution in [2.24, 2.45) is 0 Å². The predicted molar refractivity (Wildman–Crippen MR) is 80.8 cm³/mol. The lowest BCUT2D eigenvalue weighted by atomic mass is 10.0. The molecular formula is C16H16N2O2. The van der Waals surface area contributed by atoms with Crippen molar-refractivity contribution >= 4 is 11.6 Å². The smallest absolute Gasteiger partial charge is 0.272 e. The lowest BCUT2D eigenvalue weighted by molar-refractivity contribution is -0.111. The number of nitrogens with one attached hydrogen (secondary N) is 2. The second-order valence-corrected chi connectivity index (χ2v) is 4.61. The van der Waals surface area contributed by atoms with Gasteiger partial charge in [0.25, 0.3) is 5.56 Å². The number of rotatable bonds is 3. The molecule has 0 unspecified atom stereocenters. The summed E-state index contributed by atoms with van der Waals surface area (Å²) in [6, 6.07) is 9.34. The summed E-state index contributed by atoms with van der Waals surface area (Å²) in [6.07, 6.45) is 1.12. The number of hydrogen-bond donors (Lipinski definition) is 2. The molecule has 0 aliphatic rings. The standard InChI is InChI=1S/C16H16N2O2/c1-4-15(19)17-14-8-7-13(18-16(14)20)12-6-5-10(2)11(3)9-12/h4-9H,1H2,2-3H3,(H,17,19)(H,18,20). The van der Waals surface area contributed by atoms with Gasteiger partial charge in [0, 0.05) is 5.69 Å². The third-order valence-corrected chi connectivity index (χ3v) is 3.17. The number of pyridine rings is 1. The van der Waals surface area contributed by atoms with Gasteiger partial charge in [0.1, 0.15) is 5.69 Å². The van der Waals surface area contributed by atoms with E-state index in [1.165, 1.54) is 5.56 Å². The van der Waals surface area contributed by atoms with Crippen molar-refractivity contribution in [3.8, 4) is 11.3 Å². The van der Waals surface area contributed by atoms with Gasteiger partial charge >= 0.3 is 0 Å². The molecule has 0 saturated carbocycles. The molecule has 0 spiro atoms. The maximum absolute atomic E-state index is 11.9. The van der Waals surface area contributed by atoms with E-state index in [2.05, 4.69) is 16.9 Å². The molecule has 2 N–H and O–H groups in total. The van der Waals surface area contributed by atoms with Gasteiger partial charge in [-0.2, -0.15) is 0 Å². The number of aryl methyl sites for hydroxylation is 2. The molecule has 0 saturated heterocycles. The second kappa shape index (κ2) is 5.57. The molecule has 0 bridgehead atoms. The van der Waals surface area contributed by atoms with Gasteiger partial charge in [0.15, 0.2) is 0 Å². The number of aromatic nitrogens is 1. The van der Waals surface area contributed by atoms with Crippen molar-refractivity contribution in [2.75, 3.05) is 5.32 Å². The first-order chi connectivity index (χ1) is 9.51. The van der Waals surface area contributed by atoms with E-state index in [-0.39, 0.29) is 11.2 Å². The quantitative estimate of drug-likeness (QED) is 0.841. The average molecular weight is 268 g/mol. The first-order valence-corrected chi connectivity index (χ1v) is 6.25. The van der Waals surface area contributed by atoms with Crippen LogP contribution in [0.1, 0.15) is 11.1 Å². The molecule has 4 nitrogen and oxygen atoms in total. The summed E-state index contributed by atoms with van der Waals surface area (Å²) in [6.45, 7) is 7.41. The van der Waals surface area contributed by atoms with E-state index in [0.717, 1.165) is 22.9 Å². The van der Waals surface area contributed by atoms with Crippen molar-refractivity contribution in [2.45, 2.75) is 13.8 Å². The van der Waals surface area contributed by atoms with Crippen molar-refractivity contribution in [1.82, 2.24) is 4.98 Å². The van der Waals surface area contributed by atoms with E-state index in [1.807, 2.05) is 32.0 Å². The number of hydrogen-bond acceptors (Lipinski definition) is 2. The Morgan fingerprint density at radius 1 is 1.20 bits per heavy atom. The minimum Gasteiger partial charge on any atom is -0.320 e. The summed E-state index contributed by atoms with van der Waals surface area (Å²) >= 11 is 0. The number of carbonyl (C=O) groups excluding carboxylic acids is 1. The Hall–Kier alpha value is -2.62. The van der Waals surface area contributed by atoms with Gasteiger partial charge in [-0.3, -0.25) is 9.59 Å². The molecule has 0 atom stereocenters. The maximum Gasteiger partial charge on any atom is 0.272 e. The molecule has 20 heavy (non-hydrogen) atoms. The maximum atomic E-state index is 11.9. The van der Waals surface area contributed by atoms with Crippen molar-refractivity contribution in [3.63, 3.8) is 0 Å². The van der Waals surface area contributed by atoms with Crippen molar-refractivity contribution < 1.29 is 4.79 Å². The van der Waals surface area contributed by atoms with Gasteiger partial charge in [-0.15, -0.1) is 0 Å². The Kier molecular flexibility index (Phi) is 3.84. The first-order valence-electron chi connectivity index (χ1n) is 6.25. The van der Waals surface area contributed by atoms with Crippen LogP contribution in [0.15, 0.2) is 47.8 Å². The van der Waals surface area contributed by atoms with Gasteiger partial charge in [-0.05, 0) is 54.8 Å². The predicted octanol–water partition coefficient (Wildman–Crippen LogP) is 2.78. The van der Waals surface area contributed by atoms with Gasteiger partial charge in [-0.25, -0.2) is 0 Å². The Labute approximate surface area is 117 Å². The average Bonchev–Trinajstić information content (AvgIpc) is 2.44. The lowest BCUT2D eigenvalue weighted by Crippen LogP contribution is -2.18. The normalized spacial score (nSPS) is 10.1. The van der Waals surface area contributed by atoms with Crippen LogP contribution in [0.3, 0.4) is 0 Å². The number of benzene rings is 1. The zero-order valence-electron chi connectivity index (χ0n) is 11.5. The summed E-state index contributed by atoms with van der Waals surface area (Å²) in [5.74, 6) is -0.408. The zero-order chi connectivity index (χ0) is 14.7. The van der Waals surface area contributed by atoms with Crippen LogP contribution in [0, 0.1) is 13.8 Å². The van der Waals surface area contributed by atoms with Crippen LogP contribution in [0.25, 0.3) is 11.3 Å². The van der Waals surface area contributed by atoms with E-state index in [0.29, 0.717) is 0 Å². The Bertz CT molecular complexity index is 729. The lowest BCUT2D eigenvalue weighted by Gasteiger charge is -2.07. The molecular weight excluding hydrogens is 252 g/mol. The fraction of sp³-hybridized carbons (Fsp3) is 0.125. The number of H-pyrrole nitrogens is 1. The number of aromatic amines is 1. The molecule has 4 heteroatoms. The molecule has 102 valence electrons. The van der Waals surface area contributed by atoms with E-state index >= 15 is 0 Å². The minimum absolute atomic E-state index is 0.211. The second-order valence-electron chi connectivity index (χ2n) is 4.61. The monoisotopic (exact) mass is 268 g/mol. The molecule has 0 aliphatic carbocycles. The zero-order valence-corrected chi connectivity index (χ0v) is 11.5. The summed E-state index contributed by atoms with van der Waals surface area (Å²) in [5.41, 5.74) is 3.89. The Morgan fingerprint density at radius 2 is 1.95 bits per heavy atom. The van der Waals surface area contributed by atoms with Crippen LogP contribution in [-0.2, 0) is 4.79 Å². The molecule has 0 radical (unpaired) electrons. The van der Waals surface area contributed by atoms with Gasteiger partial charge in [0.2, 0.25) is 5.91 Å². The molecule has 1 heterocycles. The Morgan fingerprint density at radius 3 is 2.55 bits per heavy atom. The van der Waals surface area contributed by atoms with Crippen LogP contribution >= 0.6 is 0 Å². The molecule has 1 amide bonds. The highest BCUT2D eigenvalue weighted by molar-refractivity contribution is 5.98. The van der Waals surface area contributed by atoms with Gasteiger partial charge < -0.3 is 10.3 Å². The third kappa shape index (κ3) is 2.85. The van der Waals surface area contributed by atoms with Crippen LogP contribution in [-0.4, -0.2) is 10.9 Å². The van der Waals surface area contributed by atoms with Crippen LogP contribution in [0.4, 0.5) is 5.69 Å². The van der Waals surface area contributed by atoms with E-state index < -0.39 is 5.91 Å². The molecule has 0 aliphatic heterocycles. The third-order valence-electron chi connectivity index (χ3n) is 3.17. The van der Waals surface area contributed by atoms with E-state index in [9.17, 15) is 9.59 Å². The fourth-order valence-corrected chi connectivity index (χ4v) is 1.83. The van der Waals surface area contributed by atoms with Crippen molar-refractivity contribution in [1.29, 1.82) is 0 Å². The number of anilines is 1. The molecule has 0 fully saturated rings. The molecule has 2 rings (SSSR count). The van der Waals surface area contributed by atoms with Crippen LogP contribution in [0.5, 0.6) is 0 Å². The van der Waals surface area contributed by atoms with E-state index in [1.54, 1.807) is 12.1 Å². The van der Waals surface area contributed by atoms with E-state index in [4.69, 9.17) is 0 Å². The highest BCUT2D eigenvalue weighted by Crippen LogP contribution is 2.20. The van der Waals surface area contributed by atoms with Crippen LogP contribution < -0.4 is 10.9 Å². The highest BCUT2D eigenvalue weighted by atomic mass is 16.2. The molecule has 1 aromatic carbocycles. The largest absolute Gasteiger partial charge is 0.320 e. The first kappa shape index (κ1) is 13.8.